The summed E-state index contributed by atoms with van der Waals surface area (Å²) in [5.41, 5.74) is 1.52. The van der Waals surface area contributed by atoms with E-state index in [1.54, 1.807) is 24.3 Å². The summed E-state index contributed by atoms with van der Waals surface area (Å²) in [7, 11) is 0. The predicted octanol–water partition coefficient (Wildman–Crippen LogP) is 2.88. The smallest absolute Gasteiger partial charge is 0.319 e. The topological polar surface area (TPSA) is 59.0 Å². The average molecular weight is 279 g/mol. The maximum atomic E-state index is 11.7. The van der Waals surface area contributed by atoms with Crippen LogP contribution in [0.3, 0.4) is 0 Å². The van der Waals surface area contributed by atoms with Gasteiger partial charge in [0.25, 0.3) is 0 Å². The van der Waals surface area contributed by atoms with E-state index in [1.807, 2.05) is 23.9 Å². The lowest BCUT2D eigenvalue weighted by atomic mass is 10.3. The lowest BCUT2D eigenvalue weighted by Crippen LogP contribution is -2.28. The first-order valence-electron chi connectivity index (χ1n) is 6.00. The zero-order valence-electron chi connectivity index (χ0n) is 10.6. The van der Waals surface area contributed by atoms with Crippen LogP contribution in [0, 0.1) is 0 Å². The Bertz CT molecular complexity index is 550. The first-order chi connectivity index (χ1) is 9.17. The number of carbonyl (C=O) groups excluding carboxylic acids is 1. The summed E-state index contributed by atoms with van der Waals surface area (Å²) in [6, 6.07) is 8.54. The molecule has 0 radical (unpaired) electrons. The fraction of sp³-hybridized carbons (Fsp3) is 0.231. The largest absolute Gasteiger partial charge is 0.332 e. The van der Waals surface area contributed by atoms with Crippen LogP contribution < -0.4 is 10.6 Å². The minimum atomic E-state index is -0.270. The van der Waals surface area contributed by atoms with Gasteiger partial charge in [0.1, 0.15) is 0 Å². The number of hydrogen-bond acceptors (Lipinski definition) is 2. The van der Waals surface area contributed by atoms with Crippen LogP contribution in [0.1, 0.15) is 12.6 Å². The Hall–Kier alpha value is -2.01. The molecule has 2 aromatic rings. The highest BCUT2D eigenvalue weighted by Gasteiger charge is 2.03. The molecule has 6 heteroatoms. The fourth-order valence-corrected chi connectivity index (χ4v) is 1.68. The van der Waals surface area contributed by atoms with E-state index >= 15 is 0 Å². The summed E-state index contributed by atoms with van der Waals surface area (Å²) in [4.78, 5) is 11.7. The Balaban J connectivity index is 1.82. The number of benzene rings is 1. The molecule has 0 aliphatic heterocycles. The zero-order valence-corrected chi connectivity index (χ0v) is 11.3. The number of nitrogens with one attached hydrogen (secondary N) is 2. The number of rotatable bonds is 4. The number of anilines is 1. The van der Waals surface area contributed by atoms with Gasteiger partial charge in [0.05, 0.1) is 12.2 Å². The number of amides is 2. The van der Waals surface area contributed by atoms with Crippen LogP contribution in [0.25, 0.3) is 0 Å². The van der Waals surface area contributed by atoms with Gasteiger partial charge in [0, 0.05) is 23.5 Å². The number of aryl methyl sites for hydroxylation is 1. The van der Waals surface area contributed by atoms with E-state index in [4.69, 9.17) is 11.6 Å². The van der Waals surface area contributed by atoms with Crippen LogP contribution in [0.2, 0.25) is 5.02 Å². The van der Waals surface area contributed by atoms with E-state index < -0.39 is 0 Å². The molecule has 0 aliphatic carbocycles. The number of halogens is 1. The molecule has 0 atom stereocenters. The van der Waals surface area contributed by atoms with Crippen LogP contribution in [0.5, 0.6) is 0 Å². The van der Waals surface area contributed by atoms with Gasteiger partial charge < -0.3 is 10.6 Å². The van der Waals surface area contributed by atoms with E-state index in [-0.39, 0.29) is 6.03 Å². The van der Waals surface area contributed by atoms with Crippen molar-refractivity contribution in [1.82, 2.24) is 15.1 Å². The molecule has 0 aliphatic rings. The number of urea groups is 1. The zero-order chi connectivity index (χ0) is 13.7. The second-order valence-corrected chi connectivity index (χ2v) is 4.41. The summed E-state index contributed by atoms with van der Waals surface area (Å²) in [6.07, 6.45) is 1.88. The van der Waals surface area contributed by atoms with Crippen molar-refractivity contribution in [3.8, 4) is 0 Å². The molecule has 0 fully saturated rings. The van der Waals surface area contributed by atoms with E-state index in [2.05, 4.69) is 15.7 Å². The molecule has 1 aromatic carbocycles. The number of carbonyl (C=O) groups is 1. The molecule has 5 nitrogen and oxygen atoms in total. The van der Waals surface area contributed by atoms with Gasteiger partial charge in [-0.15, -0.1) is 0 Å². The molecule has 100 valence electrons. The Morgan fingerprint density at radius 1 is 1.32 bits per heavy atom. The third-order valence-electron chi connectivity index (χ3n) is 2.55. The van der Waals surface area contributed by atoms with Gasteiger partial charge in [0.2, 0.25) is 0 Å². The fourth-order valence-electron chi connectivity index (χ4n) is 1.55. The maximum Gasteiger partial charge on any atom is 0.319 e. The summed E-state index contributed by atoms with van der Waals surface area (Å²) in [6.45, 7) is 3.22. The second kappa shape index (κ2) is 6.24. The highest BCUT2D eigenvalue weighted by molar-refractivity contribution is 6.30. The number of hydrogen-bond donors (Lipinski definition) is 2. The van der Waals surface area contributed by atoms with Crippen LogP contribution in [0.15, 0.2) is 36.5 Å². The summed E-state index contributed by atoms with van der Waals surface area (Å²) < 4.78 is 1.81. The molecule has 0 unspecified atom stereocenters. The maximum absolute atomic E-state index is 11.7. The average Bonchev–Trinajstić information content (AvgIpc) is 2.87. The molecule has 0 spiro atoms. The van der Waals surface area contributed by atoms with Crippen LogP contribution in [-0.4, -0.2) is 15.8 Å². The molecule has 0 saturated carbocycles. The normalized spacial score (nSPS) is 10.2. The van der Waals surface area contributed by atoms with Crippen LogP contribution in [0.4, 0.5) is 10.5 Å². The highest BCUT2D eigenvalue weighted by Crippen LogP contribution is 2.13. The van der Waals surface area contributed by atoms with Crippen LogP contribution in [-0.2, 0) is 13.1 Å². The first kappa shape index (κ1) is 13.4. The van der Waals surface area contributed by atoms with Crippen molar-refractivity contribution in [3.63, 3.8) is 0 Å². The summed E-state index contributed by atoms with van der Waals surface area (Å²) in [5, 5.41) is 10.4. The Morgan fingerprint density at radius 2 is 2.05 bits per heavy atom. The van der Waals surface area contributed by atoms with E-state index in [0.717, 1.165) is 12.2 Å². The molecular formula is C13H15ClN4O. The number of nitrogens with zero attached hydrogens (tertiary/aromatic N) is 2. The predicted molar refractivity (Wildman–Crippen MR) is 75.2 cm³/mol. The van der Waals surface area contributed by atoms with Gasteiger partial charge >= 0.3 is 6.03 Å². The molecule has 1 aromatic heterocycles. The van der Waals surface area contributed by atoms with Gasteiger partial charge in [-0.05, 0) is 37.3 Å². The lowest BCUT2D eigenvalue weighted by molar-refractivity contribution is 0.251. The molecule has 19 heavy (non-hydrogen) atoms. The Morgan fingerprint density at radius 3 is 2.68 bits per heavy atom. The van der Waals surface area contributed by atoms with E-state index in [0.29, 0.717) is 17.3 Å². The van der Waals surface area contributed by atoms with Crippen LogP contribution >= 0.6 is 11.6 Å². The SMILES string of the molecule is CCn1ccc(CNC(=O)Nc2ccc(Cl)cc2)n1. The minimum Gasteiger partial charge on any atom is -0.332 e. The van der Waals surface area contributed by atoms with Crippen molar-refractivity contribution in [2.75, 3.05) is 5.32 Å². The summed E-state index contributed by atoms with van der Waals surface area (Å²) in [5.74, 6) is 0. The molecule has 0 saturated heterocycles. The first-order valence-corrected chi connectivity index (χ1v) is 6.38. The Kier molecular flexibility index (Phi) is 4.41. The molecule has 2 N–H and O–H groups in total. The number of aromatic nitrogens is 2. The molecular weight excluding hydrogens is 264 g/mol. The van der Waals surface area contributed by atoms with Crippen molar-refractivity contribution >= 4 is 23.3 Å². The highest BCUT2D eigenvalue weighted by atomic mass is 35.5. The third-order valence-corrected chi connectivity index (χ3v) is 2.80. The van der Waals surface area contributed by atoms with Gasteiger partial charge in [0.15, 0.2) is 0 Å². The van der Waals surface area contributed by atoms with Gasteiger partial charge in [-0.3, -0.25) is 4.68 Å². The monoisotopic (exact) mass is 278 g/mol. The van der Waals surface area contributed by atoms with E-state index in [9.17, 15) is 4.79 Å². The lowest BCUT2D eigenvalue weighted by Gasteiger charge is -2.06. The Labute approximate surface area is 116 Å². The summed E-state index contributed by atoms with van der Waals surface area (Å²) >= 11 is 5.77. The van der Waals surface area contributed by atoms with Crippen molar-refractivity contribution in [1.29, 1.82) is 0 Å². The van der Waals surface area contributed by atoms with Crippen molar-refractivity contribution in [2.45, 2.75) is 20.0 Å². The van der Waals surface area contributed by atoms with Crippen molar-refractivity contribution < 1.29 is 4.79 Å². The molecule has 2 amide bonds. The van der Waals surface area contributed by atoms with Gasteiger partial charge in [-0.1, -0.05) is 11.6 Å². The molecule has 0 bridgehead atoms. The molecule has 2 rings (SSSR count). The quantitative estimate of drug-likeness (QED) is 0.903. The minimum absolute atomic E-state index is 0.270. The van der Waals surface area contributed by atoms with E-state index in [1.165, 1.54) is 0 Å². The standard InChI is InChI=1S/C13H15ClN4O/c1-2-18-8-7-12(17-18)9-15-13(19)16-11-5-3-10(14)4-6-11/h3-8H,2,9H2,1H3,(H2,15,16,19). The van der Waals surface area contributed by atoms with Gasteiger partial charge in [-0.2, -0.15) is 5.10 Å². The van der Waals surface area contributed by atoms with Crippen molar-refractivity contribution in [3.05, 3.63) is 47.2 Å². The van der Waals surface area contributed by atoms with Gasteiger partial charge in [-0.25, -0.2) is 4.79 Å². The molecule has 1 heterocycles. The van der Waals surface area contributed by atoms with Crippen molar-refractivity contribution in [2.24, 2.45) is 0 Å². The third kappa shape index (κ3) is 3.99. The second-order valence-electron chi connectivity index (χ2n) is 3.98.